The van der Waals surface area contributed by atoms with Crippen molar-refractivity contribution in [3.05, 3.63) is 29.7 Å². The van der Waals surface area contributed by atoms with Gasteiger partial charge in [-0.25, -0.2) is 0 Å². The zero-order chi connectivity index (χ0) is 13.8. The molecule has 19 heavy (non-hydrogen) atoms. The minimum atomic E-state index is 0.558. The Bertz CT molecular complexity index is 571. The molecule has 0 saturated carbocycles. The molecule has 0 spiro atoms. The molecule has 0 bridgehead atoms. The molecule has 2 aromatic heterocycles. The molecule has 0 aliphatic heterocycles. The predicted octanol–water partition coefficient (Wildman–Crippen LogP) is 1.43. The Labute approximate surface area is 117 Å². The number of nitrogens with one attached hydrogen (secondary N) is 2. The number of rotatable bonds is 4. The molecule has 0 fully saturated rings. The van der Waals surface area contributed by atoms with Crippen molar-refractivity contribution in [3.63, 3.8) is 0 Å². The van der Waals surface area contributed by atoms with Crippen LogP contribution in [0.15, 0.2) is 18.5 Å². The van der Waals surface area contributed by atoms with E-state index >= 15 is 0 Å². The molecule has 0 aromatic carbocycles. The van der Waals surface area contributed by atoms with E-state index in [2.05, 4.69) is 27.8 Å². The maximum Gasteiger partial charge on any atom is 0.172 e. The molecule has 0 atom stereocenters. The fourth-order valence-electron chi connectivity index (χ4n) is 1.71. The fraction of sp³-hybridized carbons (Fsp3) is 0.417. The van der Waals surface area contributed by atoms with Crippen molar-refractivity contribution in [3.8, 4) is 0 Å². The molecule has 2 rings (SSSR count). The van der Waals surface area contributed by atoms with Gasteiger partial charge >= 0.3 is 0 Å². The van der Waals surface area contributed by atoms with Crippen molar-refractivity contribution in [1.82, 2.24) is 24.9 Å². The van der Waals surface area contributed by atoms with Gasteiger partial charge in [-0.3, -0.25) is 9.36 Å². The monoisotopic (exact) mass is 278 g/mol. The summed E-state index contributed by atoms with van der Waals surface area (Å²) in [4.78, 5) is 0. The van der Waals surface area contributed by atoms with Gasteiger partial charge in [0.2, 0.25) is 0 Å². The zero-order valence-corrected chi connectivity index (χ0v) is 12.2. The highest BCUT2D eigenvalue weighted by Crippen LogP contribution is 2.05. The van der Waals surface area contributed by atoms with Crippen LogP contribution >= 0.6 is 12.2 Å². The van der Waals surface area contributed by atoms with Gasteiger partial charge in [0.1, 0.15) is 0 Å². The molecule has 7 heteroatoms. The van der Waals surface area contributed by atoms with Gasteiger partial charge in [0.25, 0.3) is 0 Å². The number of nitrogens with zero attached hydrogens (tertiary/aromatic N) is 4. The molecule has 6 nitrogen and oxygen atoms in total. The number of hydrogen-bond acceptors (Lipinski definition) is 3. The van der Waals surface area contributed by atoms with E-state index < -0.39 is 0 Å². The van der Waals surface area contributed by atoms with Gasteiger partial charge in [-0.1, -0.05) is 0 Å². The second kappa shape index (κ2) is 5.83. The lowest BCUT2D eigenvalue weighted by Gasteiger charge is -2.07. The lowest BCUT2D eigenvalue weighted by molar-refractivity contribution is 0.653. The summed E-state index contributed by atoms with van der Waals surface area (Å²) in [7, 11) is 1.87. The van der Waals surface area contributed by atoms with Gasteiger partial charge < -0.3 is 10.6 Å². The third-order valence-corrected chi connectivity index (χ3v) is 3.01. The van der Waals surface area contributed by atoms with E-state index in [-0.39, 0.29) is 0 Å². The molecule has 2 N–H and O–H groups in total. The number of aryl methyl sites for hydroxylation is 3. The number of anilines is 1. The Hall–Kier alpha value is -1.89. The van der Waals surface area contributed by atoms with Crippen LogP contribution < -0.4 is 10.6 Å². The molecular weight excluding hydrogens is 260 g/mol. The van der Waals surface area contributed by atoms with Crippen LogP contribution in [-0.2, 0) is 20.1 Å². The summed E-state index contributed by atoms with van der Waals surface area (Å²) in [5.74, 6) is 0.737. The van der Waals surface area contributed by atoms with E-state index in [1.807, 2.05) is 37.1 Å². The van der Waals surface area contributed by atoms with Gasteiger partial charge in [0.15, 0.2) is 10.9 Å². The fourth-order valence-corrected chi connectivity index (χ4v) is 1.89. The summed E-state index contributed by atoms with van der Waals surface area (Å²) in [5, 5.41) is 15.3. The van der Waals surface area contributed by atoms with Crippen molar-refractivity contribution in [2.24, 2.45) is 7.05 Å². The SMILES string of the molecule is CCn1cc(CNC(=S)Nc2ccn(C)n2)c(C)n1. The highest BCUT2D eigenvalue weighted by molar-refractivity contribution is 7.80. The van der Waals surface area contributed by atoms with E-state index in [1.165, 1.54) is 0 Å². The van der Waals surface area contributed by atoms with Crippen molar-refractivity contribution >= 4 is 23.1 Å². The molecule has 102 valence electrons. The normalized spacial score (nSPS) is 10.5. The standard InChI is InChI=1S/C12H18N6S/c1-4-18-8-10(9(2)15-18)7-13-12(19)14-11-5-6-17(3)16-11/h5-6,8H,4,7H2,1-3H3,(H2,13,14,16,19). The minimum absolute atomic E-state index is 0.558. The summed E-state index contributed by atoms with van der Waals surface area (Å²) < 4.78 is 3.64. The molecule has 0 unspecified atom stereocenters. The largest absolute Gasteiger partial charge is 0.358 e. The van der Waals surface area contributed by atoms with Crippen molar-refractivity contribution in [1.29, 1.82) is 0 Å². The summed E-state index contributed by atoms with van der Waals surface area (Å²) >= 11 is 5.22. The van der Waals surface area contributed by atoms with Gasteiger partial charge in [-0.2, -0.15) is 10.2 Å². The van der Waals surface area contributed by atoms with E-state index in [0.717, 1.165) is 23.6 Å². The first-order chi connectivity index (χ1) is 9.08. The number of aromatic nitrogens is 4. The van der Waals surface area contributed by atoms with Crippen LogP contribution in [0.5, 0.6) is 0 Å². The summed E-state index contributed by atoms with van der Waals surface area (Å²) in [6.07, 6.45) is 3.89. The van der Waals surface area contributed by atoms with Crippen LogP contribution in [0.4, 0.5) is 5.82 Å². The maximum absolute atomic E-state index is 5.22. The molecule has 0 saturated heterocycles. The lowest BCUT2D eigenvalue weighted by atomic mass is 10.3. The van der Waals surface area contributed by atoms with Crippen LogP contribution in [0.25, 0.3) is 0 Å². The van der Waals surface area contributed by atoms with Gasteiger partial charge in [-0.15, -0.1) is 0 Å². The van der Waals surface area contributed by atoms with Gasteiger partial charge in [0, 0.05) is 44.2 Å². The van der Waals surface area contributed by atoms with Crippen LogP contribution in [0.1, 0.15) is 18.2 Å². The van der Waals surface area contributed by atoms with Crippen molar-refractivity contribution < 1.29 is 0 Å². The second-order valence-electron chi connectivity index (χ2n) is 4.28. The van der Waals surface area contributed by atoms with E-state index in [1.54, 1.807) is 4.68 Å². The first-order valence-electron chi connectivity index (χ1n) is 6.16. The number of thiocarbonyl (C=S) groups is 1. The summed E-state index contributed by atoms with van der Waals surface area (Å²) in [6, 6.07) is 1.87. The van der Waals surface area contributed by atoms with Crippen LogP contribution in [0.3, 0.4) is 0 Å². The van der Waals surface area contributed by atoms with E-state index in [0.29, 0.717) is 11.7 Å². The lowest BCUT2D eigenvalue weighted by Crippen LogP contribution is -2.28. The van der Waals surface area contributed by atoms with Gasteiger partial charge in [-0.05, 0) is 26.1 Å². The molecule has 2 heterocycles. The topological polar surface area (TPSA) is 59.7 Å². The van der Waals surface area contributed by atoms with E-state index in [4.69, 9.17) is 12.2 Å². The molecule has 0 amide bonds. The molecule has 0 radical (unpaired) electrons. The Kier molecular flexibility index (Phi) is 4.16. The minimum Gasteiger partial charge on any atom is -0.358 e. The van der Waals surface area contributed by atoms with Crippen LogP contribution in [0, 0.1) is 6.92 Å². The highest BCUT2D eigenvalue weighted by atomic mass is 32.1. The maximum atomic E-state index is 5.22. The number of hydrogen-bond donors (Lipinski definition) is 2. The average Bonchev–Trinajstić information content (AvgIpc) is 2.93. The second-order valence-corrected chi connectivity index (χ2v) is 4.69. The zero-order valence-electron chi connectivity index (χ0n) is 11.3. The molecule has 0 aliphatic carbocycles. The first kappa shape index (κ1) is 13.5. The van der Waals surface area contributed by atoms with Crippen LogP contribution in [0.2, 0.25) is 0 Å². The molecular formula is C12H18N6S. The van der Waals surface area contributed by atoms with Crippen molar-refractivity contribution in [2.45, 2.75) is 26.9 Å². The van der Waals surface area contributed by atoms with Gasteiger partial charge in [0.05, 0.1) is 5.69 Å². The Morgan fingerprint density at radius 2 is 2.21 bits per heavy atom. The van der Waals surface area contributed by atoms with Crippen LogP contribution in [-0.4, -0.2) is 24.7 Å². The Balaban J connectivity index is 1.87. The summed E-state index contributed by atoms with van der Waals surface area (Å²) in [6.45, 7) is 5.59. The molecule has 2 aromatic rings. The highest BCUT2D eigenvalue weighted by Gasteiger charge is 2.05. The third-order valence-electron chi connectivity index (χ3n) is 2.77. The average molecular weight is 278 g/mol. The Morgan fingerprint density at radius 1 is 1.42 bits per heavy atom. The third kappa shape index (κ3) is 3.54. The smallest absolute Gasteiger partial charge is 0.172 e. The van der Waals surface area contributed by atoms with Crippen molar-refractivity contribution in [2.75, 3.05) is 5.32 Å². The van der Waals surface area contributed by atoms with E-state index in [9.17, 15) is 0 Å². The predicted molar refractivity (Wildman–Crippen MR) is 78.9 cm³/mol. The molecule has 0 aliphatic rings. The first-order valence-corrected chi connectivity index (χ1v) is 6.56. The quantitative estimate of drug-likeness (QED) is 0.829. The Morgan fingerprint density at radius 3 is 2.79 bits per heavy atom. The summed E-state index contributed by atoms with van der Waals surface area (Å²) in [5.41, 5.74) is 2.17.